The van der Waals surface area contributed by atoms with E-state index in [0.717, 1.165) is 24.8 Å². The lowest BCUT2D eigenvalue weighted by molar-refractivity contribution is -0.274. The average Bonchev–Trinajstić information content (AvgIpc) is 2.54. The molecule has 0 aromatic heterocycles. The van der Waals surface area contributed by atoms with Crippen LogP contribution in [0.1, 0.15) is 30.0 Å². The summed E-state index contributed by atoms with van der Waals surface area (Å²) in [5.74, 6) is -1.84. The summed E-state index contributed by atoms with van der Waals surface area (Å²) in [7, 11) is 0. The average molecular weight is 370 g/mol. The number of hydrogen-bond acceptors (Lipinski definition) is 3. The van der Waals surface area contributed by atoms with Gasteiger partial charge < -0.3 is 4.74 Å². The Balaban J connectivity index is 2.04. The van der Waals surface area contributed by atoms with Gasteiger partial charge in [0, 0.05) is 0 Å². The first-order valence-corrected chi connectivity index (χ1v) is 7.68. The Bertz CT molecular complexity index is 775. The topological polar surface area (TPSA) is 34.0 Å². The van der Waals surface area contributed by atoms with Gasteiger partial charge >= 0.3 is 6.36 Å². The molecular formula is C18H15F5N2O. The van der Waals surface area contributed by atoms with Crippen LogP contribution in [-0.2, 0) is 6.42 Å². The molecule has 0 saturated heterocycles. The minimum absolute atomic E-state index is 0.309. The van der Waals surface area contributed by atoms with Crippen LogP contribution >= 0.6 is 0 Å². The Morgan fingerprint density at radius 3 is 2.08 bits per heavy atom. The summed E-state index contributed by atoms with van der Waals surface area (Å²) in [5, 5.41) is 7.20. The van der Waals surface area contributed by atoms with E-state index >= 15 is 0 Å². The van der Waals surface area contributed by atoms with Gasteiger partial charge in [-0.1, -0.05) is 13.3 Å². The van der Waals surface area contributed by atoms with Gasteiger partial charge in [0.25, 0.3) is 0 Å². The molecule has 0 bridgehead atoms. The van der Waals surface area contributed by atoms with Gasteiger partial charge in [0.2, 0.25) is 0 Å². The van der Waals surface area contributed by atoms with Crippen LogP contribution in [0.4, 0.5) is 22.0 Å². The molecular weight excluding hydrogens is 355 g/mol. The van der Waals surface area contributed by atoms with Gasteiger partial charge in [0.15, 0.2) is 0 Å². The zero-order chi connectivity index (χ0) is 19.2. The maximum atomic E-state index is 13.9. The van der Waals surface area contributed by atoms with Crippen LogP contribution < -0.4 is 4.74 Å². The van der Waals surface area contributed by atoms with Crippen LogP contribution in [0, 0.1) is 11.6 Å². The molecule has 138 valence electrons. The number of hydrogen-bond donors (Lipinski definition) is 0. The first-order chi connectivity index (χ1) is 12.3. The van der Waals surface area contributed by atoms with Crippen molar-refractivity contribution in [3.63, 3.8) is 0 Å². The van der Waals surface area contributed by atoms with Crippen LogP contribution in [0.25, 0.3) is 0 Å². The van der Waals surface area contributed by atoms with E-state index in [2.05, 4.69) is 14.9 Å². The van der Waals surface area contributed by atoms with Crippen LogP contribution in [0.15, 0.2) is 46.6 Å². The van der Waals surface area contributed by atoms with E-state index in [4.69, 9.17) is 0 Å². The highest BCUT2D eigenvalue weighted by atomic mass is 19.4. The number of rotatable bonds is 6. The van der Waals surface area contributed by atoms with Crippen molar-refractivity contribution in [3.8, 4) is 5.75 Å². The third-order valence-corrected chi connectivity index (χ3v) is 3.25. The third-order valence-electron chi connectivity index (χ3n) is 3.25. The van der Waals surface area contributed by atoms with Crippen LogP contribution in [0.2, 0.25) is 0 Å². The lowest BCUT2D eigenvalue weighted by Crippen LogP contribution is -2.16. The van der Waals surface area contributed by atoms with E-state index in [0.29, 0.717) is 17.5 Å². The summed E-state index contributed by atoms with van der Waals surface area (Å²) in [6.45, 7) is 1.90. The molecule has 26 heavy (non-hydrogen) atoms. The van der Waals surface area contributed by atoms with E-state index in [-0.39, 0.29) is 11.3 Å². The number of nitrogens with zero attached hydrogens (tertiary/aromatic N) is 2. The van der Waals surface area contributed by atoms with Gasteiger partial charge in [0.05, 0.1) is 18.0 Å². The van der Waals surface area contributed by atoms with Crippen molar-refractivity contribution >= 4 is 12.4 Å². The number of aryl methyl sites for hydroxylation is 1. The van der Waals surface area contributed by atoms with Crippen LogP contribution in [-0.4, -0.2) is 18.8 Å². The highest BCUT2D eigenvalue weighted by Crippen LogP contribution is 2.22. The smallest absolute Gasteiger partial charge is 0.406 e. The summed E-state index contributed by atoms with van der Waals surface area (Å²) in [6.07, 6.45) is -1.26. The minimum atomic E-state index is -4.76. The van der Waals surface area contributed by atoms with Crippen molar-refractivity contribution in [3.05, 3.63) is 64.7 Å². The Hall–Kier alpha value is -2.77. The number of alkyl halides is 3. The molecule has 0 unspecified atom stereocenters. The second-order valence-electron chi connectivity index (χ2n) is 5.33. The number of halogens is 5. The largest absolute Gasteiger partial charge is 0.573 e. The Morgan fingerprint density at radius 1 is 0.962 bits per heavy atom. The van der Waals surface area contributed by atoms with Gasteiger partial charge in [-0.2, -0.15) is 10.2 Å². The maximum absolute atomic E-state index is 13.9. The summed E-state index contributed by atoms with van der Waals surface area (Å²) in [4.78, 5) is 0. The molecule has 0 spiro atoms. The molecule has 0 heterocycles. The van der Waals surface area contributed by atoms with Crippen molar-refractivity contribution in [1.29, 1.82) is 0 Å². The van der Waals surface area contributed by atoms with E-state index in [1.165, 1.54) is 30.5 Å². The summed E-state index contributed by atoms with van der Waals surface area (Å²) < 4.78 is 67.7. The maximum Gasteiger partial charge on any atom is 0.573 e. The number of ether oxygens (including phenoxy) is 1. The molecule has 0 N–H and O–H groups in total. The molecule has 0 radical (unpaired) electrons. The van der Waals surface area contributed by atoms with Gasteiger partial charge in [-0.3, -0.25) is 0 Å². The summed E-state index contributed by atoms with van der Waals surface area (Å²) in [6, 6.07) is 7.39. The fraction of sp³-hybridized carbons (Fsp3) is 0.222. The van der Waals surface area contributed by atoms with Crippen molar-refractivity contribution in [2.45, 2.75) is 26.1 Å². The molecule has 0 fully saturated rings. The first kappa shape index (κ1) is 19.6. The standard InChI is InChI=1S/C18H15F5N2O/c1-2-3-13-8-16(19)15(17(20)9-13)11-25-24-10-12-4-6-14(7-5-12)26-18(21,22)23/h4-11H,2-3H2,1H3/b24-10-,25-11+. The predicted octanol–water partition coefficient (Wildman–Crippen LogP) is 5.27. The van der Waals surface area contributed by atoms with Gasteiger partial charge in [-0.15, -0.1) is 13.2 Å². The van der Waals surface area contributed by atoms with Crippen molar-refractivity contribution in [2.75, 3.05) is 0 Å². The van der Waals surface area contributed by atoms with E-state index < -0.39 is 18.0 Å². The Labute approximate surface area is 146 Å². The summed E-state index contributed by atoms with van der Waals surface area (Å²) >= 11 is 0. The molecule has 2 aromatic carbocycles. The molecule has 2 rings (SSSR count). The predicted molar refractivity (Wildman–Crippen MR) is 88.7 cm³/mol. The second kappa shape index (κ2) is 8.55. The molecule has 2 aromatic rings. The second-order valence-corrected chi connectivity index (χ2v) is 5.33. The summed E-state index contributed by atoms with van der Waals surface area (Å²) in [5.41, 5.74) is 0.691. The van der Waals surface area contributed by atoms with Gasteiger partial charge in [0.1, 0.15) is 17.4 Å². The highest BCUT2D eigenvalue weighted by molar-refractivity contribution is 5.83. The highest BCUT2D eigenvalue weighted by Gasteiger charge is 2.30. The molecule has 0 aliphatic carbocycles. The third kappa shape index (κ3) is 5.94. The number of benzene rings is 2. The minimum Gasteiger partial charge on any atom is -0.406 e. The fourth-order valence-electron chi connectivity index (χ4n) is 2.14. The monoisotopic (exact) mass is 370 g/mol. The lowest BCUT2D eigenvalue weighted by Gasteiger charge is -2.08. The normalized spacial score (nSPS) is 12.2. The molecule has 0 saturated carbocycles. The molecule has 0 amide bonds. The van der Waals surface area contributed by atoms with Gasteiger partial charge in [-0.05, 0) is 53.9 Å². The fourth-order valence-corrected chi connectivity index (χ4v) is 2.14. The van der Waals surface area contributed by atoms with Crippen molar-refractivity contribution in [1.82, 2.24) is 0 Å². The zero-order valence-corrected chi connectivity index (χ0v) is 13.7. The van der Waals surface area contributed by atoms with Crippen LogP contribution in [0.5, 0.6) is 5.75 Å². The lowest BCUT2D eigenvalue weighted by atomic mass is 10.1. The first-order valence-electron chi connectivity index (χ1n) is 7.68. The van der Waals surface area contributed by atoms with E-state index in [9.17, 15) is 22.0 Å². The van der Waals surface area contributed by atoms with E-state index in [1.807, 2.05) is 6.92 Å². The SMILES string of the molecule is CCCc1cc(F)c(/C=N/N=C\c2ccc(OC(F)(F)F)cc2)c(F)c1. The zero-order valence-electron chi connectivity index (χ0n) is 13.7. The molecule has 3 nitrogen and oxygen atoms in total. The van der Waals surface area contributed by atoms with Gasteiger partial charge in [-0.25, -0.2) is 8.78 Å². The molecule has 8 heteroatoms. The molecule has 0 aliphatic heterocycles. The molecule has 0 atom stereocenters. The van der Waals surface area contributed by atoms with Crippen molar-refractivity contribution in [2.24, 2.45) is 10.2 Å². The van der Waals surface area contributed by atoms with E-state index in [1.54, 1.807) is 0 Å². The van der Waals surface area contributed by atoms with Crippen LogP contribution in [0.3, 0.4) is 0 Å². The Kier molecular flexibility index (Phi) is 6.43. The Morgan fingerprint density at radius 2 is 1.54 bits per heavy atom. The molecule has 0 aliphatic rings. The van der Waals surface area contributed by atoms with Crippen molar-refractivity contribution < 1.29 is 26.7 Å². The quantitative estimate of drug-likeness (QED) is 0.388.